The fraction of sp³-hybridized carbons (Fsp3) is 0.318. The Labute approximate surface area is 191 Å². The van der Waals surface area contributed by atoms with Gasteiger partial charge in [-0.1, -0.05) is 35.5 Å². The fourth-order valence-corrected chi connectivity index (χ4v) is 5.42. The molecule has 0 spiro atoms. The van der Waals surface area contributed by atoms with E-state index in [9.17, 15) is 13.2 Å². The lowest BCUT2D eigenvalue weighted by Gasteiger charge is -2.36. The quantitative estimate of drug-likeness (QED) is 0.604. The first kappa shape index (κ1) is 21.6. The minimum absolute atomic E-state index is 0.0773. The maximum absolute atomic E-state index is 13.2. The molecule has 3 aromatic rings. The molecule has 11 heteroatoms. The Hall–Kier alpha value is -3.28. The molecule has 1 fully saturated rings. The monoisotopic (exact) mass is 469 g/mol. The van der Waals surface area contributed by atoms with Gasteiger partial charge in [-0.2, -0.15) is 9.29 Å². The van der Waals surface area contributed by atoms with Crippen molar-refractivity contribution in [3.8, 4) is 17.1 Å². The van der Waals surface area contributed by atoms with E-state index >= 15 is 0 Å². The van der Waals surface area contributed by atoms with Crippen LogP contribution in [0.4, 0.5) is 5.69 Å². The Morgan fingerprint density at radius 2 is 1.82 bits per heavy atom. The molecule has 0 unspecified atom stereocenters. The second-order valence-electron chi connectivity index (χ2n) is 7.93. The third kappa shape index (κ3) is 4.22. The van der Waals surface area contributed by atoms with E-state index < -0.39 is 10.0 Å². The SMILES string of the molecule is C[C@H](c1nc(-c2ccccc2)no1)N1CCN(S(=O)(=O)c2ccc3c(c2)NC(=O)CO3)CC1. The van der Waals surface area contributed by atoms with Crippen LogP contribution in [0.25, 0.3) is 11.4 Å². The number of piperazine rings is 1. The van der Waals surface area contributed by atoms with E-state index in [1.165, 1.54) is 16.4 Å². The first-order chi connectivity index (χ1) is 15.9. The molecule has 1 saturated heterocycles. The van der Waals surface area contributed by atoms with Crippen molar-refractivity contribution < 1.29 is 22.5 Å². The molecule has 1 N–H and O–H groups in total. The van der Waals surface area contributed by atoms with Gasteiger partial charge in [0.2, 0.25) is 21.7 Å². The maximum atomic E-state index is 13.2. The Morgan fingerprint density at radius 3 is 2.58 bits per heavy atom. The number of carbonyl (C=O) groups excluding carboxylic acids is 1. The largest absolute Gasteiger partial charge is 0.482 e. The molecule has 2 aliphatic heterocycles. The number of nitrogens with one attached hydrogen (secondary N) is 1. The molecule has 3 heterocycles. The highest BCUT2D eigenvalue weighted by Gasteiger charge is 2.32. The zero-order chi connectivity index (χ0) is 23.0. The van der Waals surface area contributed by atoms with Crippen molar-refractivity contribution in [2.45, 2.75) is 17.9 Å². The lowest BCUT2D eigenvalue weighted by atomic mass is 10.2. The second-order valence-corrected chi connectivity index (χ2v) is 9.87. The van der Waals surface area contributed by atoms with E-state index in [4.69, 9.17) is 9.26 Å². The molecule has 0 aliphatic carbocycles. The number of ether oxygens (including phenoxy) is 1. The van der Waals surface area contributed by atoms with Gasteiger partial charge in [-0.05, 0) is 25.1 Å². The summed E-state index contributed by atoms with van der Waals surface area (Å²) in [7, 11) is -3.71. The van der Waals surface area contributed by atoms with Crippen molar-refractivity contribution in [2.75, 3.05) is 38.1 Å². The third-order valence-electron chi connectivity index (χ3n) is 5.87. The number of amides is 1. The fourth-order valence-electron chi connectivity index (χ4n) is 3.97. The van der Waals surface area contributed by atoms with Crippen LogP contribution in [0.15, 0.2) is 57.9 Å². The number of anilines is 1. The van der Waals surface area contributed by atoms with Crippen LogP contribution in [0, 0.1) is 0 Å². The van der Waals surface area contributed by atoms with Gasteiger partial charge in [0.05, 0.1) is 16.6 Å². The highest BCUT2D eigenvalue weighted by Crippen LogP contribution is 2.32. The summed E-state index contributed by atoms with van der Waals surface area (Å²) in [6, 6.07) is 14.0. The molecule has 10 nitrogen and oxygen atoms in total. The van der Waals surface area contributed by atoms with Gasteiger partial charge < -0.3 is 14.6 Å². The molecule has 1 atom stereocenters. The van der Waals surface area contributed by atoms with E-state index in [1.54, 1.807) is 6.07 Å². The number of sulfonamides is 1. The summed E-state index contributed by atoms with van der Waals surface area (Å²) in [4.78, 5) is 18.3. The van der Waals surface area contributed by atoms with Crippen molar-refractivity contribution in [3.63, 3.8) is 0 Å². The molecule has 33 heavy (non-hydrogen) atoms. The number of fused-ring (bicyclic) bond motifs is 1. The van der Waals surface area contributed by atoms with Crippen LogP contribution in [0.5, 0.6) is 5.75 Å². The lowest BCUT2D eigenvalue weighted by Crippen LogP contribution is -2.49. The van der Waals surface area contributed by atoms with E-state index in [1.807, 2.05) is 37.3 Å². The first-order valence-corrected chi connectivity index (χ1v) is 12.1. The number of benzene rings is 2. The summed E-state index contributed by atoms with van der Waals surface area (Å²) < 4.78 is 38.6. The van der Waals surface area contributed by atoms with Gasteiger partial charge in [-0.15, -0.1) is 0 Å². The third-order valence-corrected chi connectivity index (χ3v) is 7.77. The number of carbonyl (C=O) groups is 1. The molecule has 1 aromatic heterocycles. The zero-order valence-corrected chi connectivity index (χ0v) is 18.8. The standard InChI is InChI=1S/C22H23N5O5S/c1-15(22-24-21(25-32-22)16-5-3-2-4-6-16)26-9-11-27(12-10-26)33(29,30)17-7-8-19-18(13-17)23-20(28)14-31-19/h2-8,13,15H,9-12,14H2,1H3,(H,23,28)/t15-/m1/s1. The topological polar surface area (TPSA) is 118 Å². The Balaban J connectivity index is 1.26. The van der Waals surface area contributed by atoms with Crippen LogP contribution in [0.1, 0.15) is 18.9 Å². The average molecular weight is 470 g/mol. The van der Waals surface area contributed by atoms with Crippen molar-refractivity contribution in [1.29, 1.82) is 0 Å². The van der Waals surface area contributed by atoms with Crippen molar-refractivity contribution in [3.05, 3.63) is 54.4 Å². The number of nitrogens with zero attached hydrogens (tertiary/aromatic N) is 4. The maximum Gasteiger partial charge on any atom is 0.262 e. The van der Waals surface area contributed by atoms with Crippen LogP contribution in [0.2, 0.25) is 0 Å². The number of aromatic nitrogens is 2. The highest BCUT2D eigenvalue weighted by atomic mass is 32.2. The van der Waals surface area contributed by atoms with E-state index in [0.717, 1.165) is 5.56 Å². The van der Waals surface area contributed by atoms with Gasteiger partial charge in [0.15, 0.2) is 6.61 Å². The van der Waals surface area contributed by atoms with Gasteiger partial charge >= 0.3 is 0 Å². The van der Waals surface area contributed by atoms with Gasteiger partial charge in [0, 0.05) is 31.7 Å². The average Bonchev–Trinajstić information content (AvgIpc) is 3.34. The molecule has 172 valence electrons. The minimum atomic E-state index is -3.71. The highest BCUT2D eigenvalue weighted by molar-refractivity contribution is 7.89. The first-order valence-electron chi connectivity index (χ1n) is 10.6. The second kappa shape index (κ2) is 8.58. The van der Waals surface area contributed by atoms with Crippen molar-refractivity contribution in [2.24, 2.45) is 0 Å². The van der Waals surface area contributed by atoms with Gasteiger partial charge in [0.1, 0.15) is 5.75 Å². The molecular formula is C22H23N5O5S. The molecule has 0 bridgehead atoms. The van der Waals surface area contributed by atoms with Gasteiger partial charge in [0.25, 0.3) is 5.91 Å². The summed E-state index contributed by atoms with van der Waals surface area (Å²) in [5.74, 6) is 1.18. The van der Waals surface area contributed by atoms with Crippen molar-refractivity contribution >= 4 is 21.6 Å². The minimum Gasteiger partial charge on any atom is -0.482 e. The molecule has 0 radical (unpaired) electrons. The van der Waals surface area contributed by atoms with E-state index in [0.29, 0.717) is 49.3 Å². The number of hydrogen-bond acceptors (Lipinski definition) is 8. The normalized spacial score (nSPS) is 18.3. The van der Waals surface area contributed by atoms with Gasteiger partial charge in [-0.3, -0.25) is 9.69 Å². The van der Waals surface area contributed by atoms with Crippen LogP contribution >= 0.6 is 0 Å². The summed E-state index contributed by atoms with van der Waals surface area (Å²) in [5.41, 5.74) is 1.24. The van der Waals surface area contributed by atoms with Gasteiger partial charge in [-0.25, -0.2) is 8.42 Å². The zero-order valence-electron chi connectivity index (χ0n) is 18.0. The number of hydrogen-bond donors (Lipinski definition) is 1. The molecule has 0 saturated carbocycles. The molecular weight excluding hydrogens is 446 g/mol. The molecule has 5 rings (SSSR count). The Morgan fingerprint density at radius 1 is 1.06 bits per heavy atom. The molecule has 1 amide bonds. The van der Waals surface area contributed by atoms with Crippen LogP contribution in [0.3, 0.4) is 0 Å². The summed E-state index contributed by atoms with van der Waals surface area (Å²) in [6.45, 7) is 3.59. The lowest BCUT2D eigenvalue weighted by molar-refractivity contribution is -0.118. The summed E-state index contributed by atoms with van der Waals surface area (Å²) in [6.07, 6.45) is 0. The van der Waals surface area contributed by atoms with Crippen LogP contribution in [-0.4, -0.2) is 66.5 Å². The molecule has 2 aromatic carbocycles. The summed E-state index contributed by atoms with van der Waals surface area (Å²) in [5, 5.41) is 6.73. The molecule has 2 aliphatic rings. The summed E-state index contributed by atoms with van der Waals surface area (Å²) >= 11 is 0. The van der Waals surface area contributed by atoms with Crippen molar-refractivity contribution in [1.82, 2.24) is 19.3 Å². The number of rotatable bonds is 5. The predicted octanol–water partition coefficient (Wildman–Crippen LogP) is 2.13. The Bertz CT molecular complexity index is 1270. The smallest absolute Gasteiger partial charge is 0.262 e. The van der Waals surface area contributed by atoms with E-state index in [-0.39, 0.29) is 23.5 Å². The van der Waals surface area contributed by atoms with E-state index in [2.05, 4.69) is 20.4 Å². The van der Waals surface area contributed by atoms with Crippen LogP contribution in [-0.2, 0) is 14.8 Å². The Kier molecular flexibility index (Phi) is 5.60. The predicted molar refractivity (Wildman–Crippen MR) is 119 cm³/mol. The van der Waals surface area contributed by atoms with Crippen LogP contribution < -0.4 is 10.1 Å².